The fourth-order valence-electron chi connectivity index (χ4n) is 3.63. The van der Waals surface area contributed by atoms with E-state index in [9.17, 15) is 0 Å². The molecule has 1 aliphatic carbocycles. The zero-order valence-electron chi connectivity index (χ0n) is 13.6. The van der Waals surface area contributed by atoms with Crippen LogP contribution in [0.2, 0.25) is 5.02 Å². The summed E-state index contributed by atoms with van der Waals surface area (Å²) >= 11 is 6.44. The first-order valence-corrected chi connectivity index (χ1v) is 8.45. The number of halogens is 1. The van der Waals surface area contributed by atoms with Crippen LogP contribution in [-0.2, 0) is 13.6 Å². The lowest BCUT2D eigenvalue weighted by molar-refractivity contribution is 0.151. The highest BCUT2D eigenvalue weighted by molar-refractivity contribution is 6.31. The largest absolute Gasteiger partial charge is 0.310 e. The molecule has 3 rings (SSSR count). The summed E-state index contributed by atoms with van der Waals surface area (Å²) in [6.45, 7) is 9.81. The van der Waals surface area contributed by atoms with Crippen molar-refractivity contribution in [3.05, 3.63) is 16.4 Å². The quantitative estimate of drug-likeness (QED) is 0.932. The molecule has 2 fully saturated rings. The minimum atomic E-state index is 0.255. The van der Waals surface area contributed by atoms with E-state index >= 15 is 0 Å². The molecule has 2 atom stereocenters. The third kappa shape index (κ3) is 2.99. The van der Waals surface area contributed by atoms with Crippen molar-refractivity contribution in [1.82, 2.24) is 20.0 Å². The molecule has 1 aromatic heterocycles. The van der Waals surface area contributed by atoms with Gasteiger partial charge in [0.05, 0.1) is 16.4 Å². The molecular formula is C16H27ClN4. The van der Waals surface area contributed by atoms with Crippen LogP contribution in [0.25, 0.3) is 0 Å². The van der Waals surface area contributed by atoms with E-state index in [0.29, 0.717) is 6.04 Å². The molecule has 118 valence electrons. The molecule has 1 aliphatic heterocycles. The van der Waals surface area contributed by atoms with Crippen LogP contribution < -0.4 is 5.32 Å². The van der Waals surface area contributed by atoms with Gasteiger partial charge in [-0.25, -0.2) is 0 Å². The molecule has 0 bridgehead atoms. The Hall–Kier alpha value is -0.580. The molecule has 2 aliphatic rings. The molecule has 0 radical (unpaired) electrons. The van der Waals surface area contributed by atoms with E-state index < -0.39 is 0 Å². The Morgan fingerprint density at radius 3 is 2.67 bits per heavy atom. The summed E-state index contributed by atoms with van der Waals surface area (Å²) in [5.74, 6) is 0.842. The highest BCUT2D eigenvalue weighted by atomic mass is 35.5. The number of nitrogens with zero attached hydrogens (tertiary/aromatic N) is 3. The maximum absolute atomic E-state index is 6.44. The maximum atomic E-state index is 6.44. The zero-order chi connectivity index (χ0) is 15.2. The van der Waals surface area contributed by atoms with Crippen LogP contribution in [0.4, 0.5) is 0 Å². The summed E-state index contributed by atoms with van der Waals surface area (Å²) in [6.07, 6.45) is 3.94. The minimum Gasteiger partial charge on any atom is -0.310 e. The fourth-order valence-corrected chi connectivity index (χ4v) is 3.85. The second-order valence-electron chi connectivity index (χ2n) is 7.13. The van der Waals surface area contributed by atoms with Gasteiger partial charge in [0.1, 0.15) is 0 Å². The van der Waals surface area contributed by atoms with Gasteiger partial charge in [-0.2, -0.15) is 5.10 Å². The van der Waals surface area contributed by atoms with Crippen LogP contribution in [-0.4, -0.2) is 39.4 Å². The van der Waals surface area contributed by atoms with E-state index in [1.165, 1.54) is 19.3 Å². The predicted octanol–water partition coefficient (Wildman–Crippen LogP) is 2.73. The highest BCUT2D eigenvalue weighted by Crippen LogP contribution is 2.41. The first-order valence-electron chi connectivity index (χ1n) is 8.08. The van der Waals surface area contributed by atoms with E-state index in [0.717, 1.165) is 42.0 Å². The van der Waals surface area contributed by atoms with Crippen molar-refractivity contribution < 1.29 is 0 Å². The van der Waals surface area contributed by atoms with Crippen LogP contribution in [0.1, 0.15) is 44.5 Å². The number of aromatic nitrogens is 2. The molecule has 2 heterocycles. The highest BCUT2D eigenvalue weighted by Gasteiger charge is 2.44. The van der Waals surface area contributed by atoms with Crippen molar-refractivity contribution in [3.63, 3.8) is 0 Å². The molecule has 1 saturated carbocycles. The van der Waals surface area contributed by atoms with Crippen LogP contribution in [0.3, 0.4) is 0 Å². The minimum absolute atomic E-state index is 0.255. The Kier molecular flexibility index (Phi) is 4.06. The van der Waals surface area contributed by atoms with Crippen molar-refractivity contribution >= 4 is 11.6 Å². The SMILES string of the molecule is Cc1nn(C)c(CN2CC(C)(C3CC3)NCCC2C)c1Cl. The van der Waals surface area contributed by atoms with Crippen molar-refractivity contribution in [2.75, 3.05) is 13.1 Å². The van der Waals surface area contributed by atoms with Gasteiger partial charge >= 0.3 is 0 Å². The Bertz CT molecular complexity index is 523. The monoisotopic (exact) mass is 310 g/mol. The van der Waals surface area contributed by atoms with E-state index in [2.05, 4.69) is 29.2 Å². The topological polar surface area (TPSA) is 33.1 Å². The van der Waals surface area contributed by atoms with Crippen LogP contribution in [0.15, 0.2) is 0 Å². The van der Waals surface area contributed by atoms with Crippen molar-refractivity contribution in [1.29, 1.82) is 0 Å². The molecule has 2 unspecified atom stereocenters. The van der Waals surface area contributed by atoms with Gasteiger partial charge in [0, 0.05) is 31.7 Å². The summed E-state index contributed by atoms with van der Waals surface area (Å²) in [5.41, 5.74) is 2.33. The zero-order valence-corrected chi connectivity index (χ0v) is 14.4. The van der Waals surface area contributed by atoms with E-state index in [1.54, 1.807) is 0 Å². The first kappa shape index (κ1) is 15.3. The van der Waals surface area contributed by atoms with E-state index in [-0.39, 0.29) is 5.54 Å². The summed E-state index contributed by atoms with van der Waals surface area (Å²) in [4.78, 5) is 2.58. The Labute approximate surface area is 132 Å². The lowest BCUT2D eigenvalue weighted by Crippen LogP contribution is -2.51. The van der Waals surface area contributed by atoms with Gasteiger partial charge in [-0.1, -0.05) is 11.6 Å². The lowest BCUT2D eigenvalue weighted by atomic mass is 9.95. The fraction of sp³-hybridized carbons (Fsp3) is 0.812. The van der Waals surface area contributed by atoms with Crippen LogP contribution in [0.5, 0.6) is 0 Å². The summed E-state index contributed by atoms with van der Waals surface area (Å²) < 4.78 is 1.94. The molecule has 5 heteroatoms. The second kappa shape index (κ2) is 5.56. The van der Waals surface area contributed by atoms with Gasteiger partial charge < -0.3 is 5.32 Å². The molecule has 1 saturated heterocycles. The molecule has 4 nitrogen and oxygen atoms in total. The first-order chi connectivity index (χ1) is 9.90. The van der Waals surface area contributed by atoms with Crippen LogP contribution in [0, 0.1) is 12.8 Å². The van der Waals surface area contributed by atoms with Gasteiger partial charge in [-0.15, -0.1) is 0 Å². The Balaban J connectivity index is 1.81. The third-order valence-corrected chi connectivity index (χ3v) is 5.83. The van der Waals surface area contributed by atoms with Crippen molar-refractivity contribution in [2.24, 2.45) is 13.0 Å². The number of nitrogens with one attached hydrogen (secondary N) is 1. The maximum Gasteiger partial charge on any atom is 0.0860 e. The summed E-state index contributed by atoms with van der Waals surface area (Å²) in [5, 5.41) is 9.08. The second-order valence-corrected chi connectivity index (χ2v) is 7.51. The van der Waals surface area contributed by atoms with E-state index in [4.69, 9.17) is 11.6 Å². The Morgan fingerprint density at radius 1 is 1.38 bits per heavy atom. The van der Waals surface area contributed by atoms with Crippen LogP contribution >= 0.6 is 11.6 Å². The molecule has 0 spiro atoms. The third-order valence-electron chi connectivity index (χ3n) is 5.34. The number of hydrogen-bond acceptors (Lipinski definition) is 3. The standard InChI is InChI=1S/C16H27ClN4/c1-11-7-8-18-16(3,13-5-6-13)10-21(11)9-14-15(17)12(2)19-20(14)4/h11,13,18H,5-10H2,1-4H3. The molecular weight excluding hydrogens is 284 g/mol. The predicted molar refractivity (Wildman–Crippen MR) is 86.6 cm³/mol. The average Bonchev–Trinajstić information content (AvgIpc) is 3.23. The summed E-state index contributed by atoms with van der Waals surface area (Å²) in [7, 11) is 2.00. The molecule has 1 N–H and O–H groups in total. The van der Waals surface area contributed by atoms with Gasteiger partial charge in [-0.05, 0) is 52.5 Å². The smallest absolute Gasteiger partial charge is 0.0860 e. The Morgan fingerprint density at radius 2 is 2.10 bits per heavy atom. The molecule has 0 aromatic carbocycles. The molecule has 21 heavy (non-hydrogen) atoms. The van der Waals surface area contributed by atoms with Crippen molar-refractivity contribution in [3.8, 4) is 0 Å². The number of rotatable bonds is 3. The number of aryl methyl sites for hydroxylation is 2. The normalized spacial score (nSPS) is 31.4. The average molecular weight is 311 g/mol. The molecule has 0 amide bonds. The molecule has 1 aromatic rings. The lowest BCUT2D eigenvalue weighted by Gasteiger charge is -2.35. The van der Waals surface area contributed by atoms with E-state index in [1.807, 2.05) is 18.7 Å². The van der Waals surface area contributed by atoms with Gasteiger partial charge in [0.2, 0.25) is 0 Å². The summed E-state index contributed by atoms with van der Waals surface area (Å²) in [6, 6.07) is 0.573. The van der Waals surface area contributed by atoms with Gasteiger partial charge in [0.15, 0.2) is 0 Å². The van der Waals surface area contributed by atoms with Crippen molar-refractivity contribution in [2.45, 2.75) is 58.2 Å². The van der Waals surface area contributed by atoms with Gasteiger partial charge in [-0.3, -0.25) is 9.58 Å². The number of hydrogen-bond donors (Lipinski definition) is 1. The van der Waals surface area contributed by atoms with Gasteiger partial charge in [0.25, 0.3) is 0 Å².